The molecule has 2 aromatic rings. The first-order valence-electron chi connectivity index (χ1n) is 6.89. The van der Waals surface area contributed by atoms with Crippen LogP contribution in [0.25, 0.3) is 10.9 Å². The van der Waals surface area contributed by atoms with Crippen LogP contribution in [0.1, 0.15) is 20.3 Å². The number of hydrogen-bond acceptors (Lipinski definition) is 4. The molecule has 0 radical (unpaired) electrons. The zero-order valence-corrected chi connectivity index (χ0v) is 12.4. The molecule has 0 amide bonds. The van der Waals surface area contributed by atoms with E-state index in [4.69, 9.17) is 10.5 Å². The highest BCUT2D eigenvalue weighted by Gasteiger charge is 2.17. The fraction of sp³-hybridized carbons (Fsp3) is 0.438. The molecule has 108 valence electrons. The Bertz CT molecular complexity index is 581. The summed E-state index contributed by atoms with van der Waals surface area (Å²) < 4.78 is 5.16. The summed E-state index contributed by atoms with van der Waals surface area (Å²) in [5.74, 6) is 0. The maximum absolute atomic E-state index is 5.97. The average Bonchev–Trinajstić information content (AvgIpc) is 2.45. The van der Waals surface area contributed by atoms with Gasteiger partial charge in [0.25, 0.3) is 0 Å². The number of pyridine rings is 1. The van der Waals surface area contributed by atoms with Gasteiger partial charge in [-0.25, -0.2) is 0 Å². The SMILES string of the molecule is COCCC(C)(C)CNc1ccc(N)c2ncccc12. The molecule has 0 spiro atoms. The number of nitrogens with zero attached hydrogens (tertiary/aromatic N) is 1. The van der Waals surface area contributed by atoms with E-state index in [1.807, 2.05) is 24.3 Å². The summed E-state index contributed by atoms with van der Waals surface area (Å²) in [7, 11) is 1.74. The minimum atomic E-state index is 0.173. The molecular weight excluding hydrogens is 250 g/mol. The molecule has 1 aromatic heterocycles. The molecule has 0 fully saturated rings. The molecule has 0 aliphatic rings. The van der Waals surface area contributed by atoms with E-state index < -0.39 is 0 Å². The Morgan fingerprint density at radius 1 is 1.30 bits per heavy atom. The quantitative estimate of drug-likeness (QED) is 0.793. The van der Waals surface area contributed by atoms with Crippen LogP contribution in [0, 0.1) is 5.41 Å². The Morgan fingerprint density at radius 3 is 2.85 bits per heavy atom. The van der Waals surface area contributed by atoms with Crippen LogP contribution in [0.2, 0.25) is 0 Å². The highest BCUT2D eigenvalue weighted by atomic mass is 16.5. The van der Waals surface area contributed by atoms with E-state index in [9.17, 15) is 0 Å². The molecule has 0 aliphatic heterocycles. The monoisotopic (exact) mass is 273 g/mol. The first-order valence-corrected chi connectivity index (χ1v) is 6.89. The van der Waals surface area contributed by atoms with E-state index in [0.717, 1.165) is 36.2 Å². The minimum Gasteiger partial charge on any atom is -0.397 e. The van der Waals surface area contributed by atoms with Crippen molar-refractivity contribution in [1.29, 1.82) is 0 Å². The summed E-state index contributed by atoms with van der Waals surface area (Å²) in [5.41, 5.74) is 8.78. The number of fused-ring (bicyclic) bond motifs is 1. The summed E-state index contributed by atoms with van der Waals surface area (Å²) in [4.78, 5) is 4.35. The zero-order chi connectivity index (χ0) is 14.6. The lowest BCUT2D eigenvalue weighted by atomic mass is 9.89. The van der Waals surface area contributed by atoms with Crippen molar-refractivity contribution in [2.45, 2.75) is 20.3 Å². The first-order chi connectivity index (χ1) is 9.53. The molecule has 20 heavy (non-hydrogen) atoms. The standard InChI is InChI=1S/C16H23N3O/c1-16(2,8-10-20-3)11-19-14-7-6-13(17)15-12(14)5-4-9-18-15/h4-7,9,19H,8,10-11,17H2,1-3H3. The van der Waals surface area contributed by atoms with E-state index in [-0.39, 0.29) is 5.41 Å². The van der Waals surface area contributed by atoms with Gasteiger partial charge >= 0.3 is 0 Å². The van der Waals surface area contributed by atoms with Gasteiger partial charge in [-0.15, -0.1) is 0 Å². The molecule has 0 saturated carbocycles. The number of nitrogens with two attached hydrogens (primary N) is 1. The number of hydrogen-bond donors (Lipinski definition) is 2. The first kappa shape index (κ1) is 14.6. The maximum atomic E-state index is 5.97. The number of methoxy groups -OCH3 is 1. The summed E-state index contributed by atoms with van der Waals surface area (Å²) in [6.45, 7) is 6.12. The fourth-order valence-corrected chi connectivity index (χ4v) is 2.15. The Morgan fingerprint density at radius 2 is 2.10 bits per heavy atom. The Hall–Kier alpha value is -1.81. The van der Waals surface area contributed by atoms with Gasteiger partial charge in [-0.3, -0.25) is 4.98 Å². The number of aromatic nitrogens is 1. The van der Waals surface area contributed by atoms with Crippen molar-refractivity contribution in [2.24, 2.45) is 5.41 Å². The molecular formula is C16H23N3O. The van der Waals surface area contributed by atoms with Crippen molar-refractivity contribution in [3.05, 3.63) is 30.5 Å². The van der Waals surface area contributed by atoms with Gasteiger partial charge in [0.05, 0.1) is 11.2 Å². The highest BCUT2D eigenvalue weighted by molar-refractivity contribution is 5.98. The van der Waals surface area contributed by atoms with Crippen LogP contribution < -0.4 is 11.1 Å². The molecule has 4 heteroatoms. The number of nitrogen functional groups attached to an aromatic ring is 1. The van der Waals surface area contributed by atoms with Crippen LogP contribution >= 0.6 is 0 Å². The van der Waals surface area contributed by atoms with Crippen LogP contribution in [0.5, 0.6) is 0 Å². The molecule has 3 N–H and O–H groups in total. The summed E-state index contributed by atoms with van der Waals surface area (Å²) in [6.07, 6.45) is 2.78. The lowest BCUT2D eigenvalue weighted by Crippen LogP contribution is -2.24. The second kappa shape index (κ2) is 6.09. The van der Waals surface area contributed by atoms with Crippen molar-refractivity contribution >= 4 is 22.3 Å². The molecule has 0 aliphatic carbocycles. The number of nitrogens with one attached hydrogen (secondary N) is 1. The predicted octanol–water partition coefficient (Wildman–Crippen LogP) is 3.29. The molecule has 4 nitrogen and oxygen atoms in total. The Labute approximate surface area is 120 Å². The van der Waals surface area contributed by atoms with Crippen molar-refractivity contribution in [2.75, 3.05) is 31.3 Å². The van der Waals surface area contributed by atoms with Gasteiger partial charge < -0.3 is 15.8 Å². The maximum Gasteiger partial charge on any atom is 0.0951 e. The molecule has 0 unspecified atom stereocenters. The van der Waals surface area contributed by atoms with Crippen LogP contribution in [-0.2, 0) is 4.74 Å². The summed E-state index contributed by atoms with van der Waals surface area (Å²) in [5, 5.41) is 4.58. The van der Waals surface area contributed by atoms with E-state index >= 15 is 0 Å². The molecule has 2 rings (SSSR count). The van der Waals surface area contributed by atoms with Crippen molar-refractivity contribution < 1.29 is 4.74 Å². The van der Waals surface area contributed by atoms with Gasteiger partial charge in [0.2, 0.25) is 0 Å². The molecule has 0 saturated heterocycles. The minimum absolute atomic E-state index is 0.173. The number of rotatable bonds is 6. The normalized spacial score (nSPS) is 11.8. The van der Waals surface area contributed by atoms with Gasteiger partial charge in [0.15, 0.2) is 0 Å². The Kier molecular flexibility index (Phi) is 4.45. The van der Waals surface area contributed by atoms with Crippen LogP contribution in [-0.4, -0.2) is 25.2 Å². The molecule has 0 bridgehead atoms. The molecule has 1 aromatic carbocycles. The van der Waals surface area contributed by atoms with Crippen LogP contribution in [0.4, 0.5) is 11.4 Å². The van der Waals surface area contributed by atoms with Crippen molar-refractivity contribution in [3.8, 4) is 0 Å². The Balaban J connectivity index is 2.16. The van der Waals surface area contributed by atoms with E-state index in [2.05, 4.69) is 24.1 Å². The van der Waals surface area contributed by atoms with Gasteiger partial charge in [-0.1, -0.05) is 13.8 Å². The van der Waals surface area contributed by atoms with Gasteiger partial charge in [-0.05, 0) is 36.1 Å². The second-order valence-electron chi connectivity index (χ2n) is 5.86. The van der Waals surface area contributed by atoms with Gasteiger partial charge in [0, 0.05) is 37.5 Å². The smallest absolute Gasteiger partial charge is 0.0951 e. The number of benzene rings is 1. The lowest BCUT2D eigenvalue weighted by Gasteiger charge is -2.25. The highest BCUT2D eigenvalue weighted by Crippen LogP contribution is 2.28. The van der Waals surface area contributed by atoms with Crippen molar-refractivity contribution in [1.82, 2.24) is 4.98 Å². The number of ether oxygens (including phenoxy) is 1. The van der Waals surface area contributed by atoms with E-state index in [1.54, 1.807) is 13.3 Å². The van der Waals surface area contributed by atoms with Crippen molar-refractivity contribution in [3.63, 3.8) is 0 Å². The topological polar surface area (TPSA) is 60.2 Å². The third kappa shape index (κ3) is 3.39. The largest absolute Gasteiger partial charge is 0.397 e. The lowest BCUT2D eigenvalue weighted by molar-refractivity contribution is 0.157. The zero-order valence-electron chi connectivity index (χ0n) is 12.4. The predicted molar refractivity (Wildman–Crippen MR) is 84.9 cm³/mol. The number of anilines is 2. The van der Waals surface area contributed by atoms with Crippen LogP contribution in [0.15, 0.2) is 30.5 Å². The fourth-order valence-electron chi connectivity index (χ4n) is 2.15. The second-order valence-corrected chi connectivity index (χ2v) is 5.86. The third-order valence-corrected chi connectivity index (χ3v) is 3.54. The van der Waals surface area contributed by atoms with Crippen LogP contribution in [0.3, 0.4) is 0 Å². The average molecular weight is 273 g/mol. The van der Waals surface area contributed by atoms with E-state index in [0.29, 0.717) is 5.69 Å². The van der Waals surface area contributed by atoms with Gasteiger partial charge in [-0.2, -0.15) is 0 Å². The third-order valence-electron chi connectivity index (χ3n) is 3.54. The summed E-state index contributed by atoms with van der Waals surface area (Å²) in [6, 6.07) is 7.90. The molecule has 1 heterocycles. The van der Waals surface area contributed by atoms with Gasteiger partial charge in [0.1, 0.15) is 0 Å². The molecule has 0 atom stereocenters. The van der Waals surface area contributed by atoms with E-state index in [1.165, 1.54) is 0 Å². The summed E-state index contributed by atoms with van der Waals surface area (Å²) >= 11 is 0.